The van der Waals surface area contributed by atoms with E-state index >= 15 is 0 Å². The Labute approximate surface area is 85.1 Å². The van der Waals surface area contributed by atoms with Gasteiger partial charge in [0.05, 0.1) is 11.9 Å². The first kappa shape index (κ1) is 10.2. The van der Waals surface area contributed by atoms with Crippen LogP contribution in [0.15, 0.2) is 15.5 Å². The van der Waals surface area contributed by atoms with Crippen molar-refractivity contribution >= 4 is 21.6 Å². The molecule has 72 valence electrons. The maximum Gasteiger partial charge on any atom is 0.283 e. The van der Waals surface area contributed by atoms with Gasteiger partial charge in [-0.25, -0.2) is 4.68 Å². The van der Waals surface area contributed by atoms with E-state index in [9.17, 15) is 4.79 Å². The molecule has 1 heterocycles. The van der Waals surface area contributed by atoms with Gasteiger partial charge in [0.15, 0.2) is 0 Å². The zero-order chi connectivity index (χ0) is 9.84. The lowest BCUT2D eigenvalue weighted by Gasteiger charge is -2.06. The van der Waals surface area contributed by atoms with E-state index in [2.05, 4.69) is 26.3 Å². The second-order valence-corrected chi connectivity index (χ2v) is 3.44. The Bertz CT molecular complexity index is 348. The third-order valence-corrected chi connectivity index (χ3v) is 2.46. The van der Waals surface area contributed by atoms with Crippen LogP contribution < -0.4 is 10.9 Å². The topological polar surface area (TPSA) is 46.9 Å². The predicted octanol–water partition coefficient (Wildman–Crippen LogP) is 1.46. The zero-order valence-corrected chi connectivity index (χ0v) is 9.26. The molecule has 1 rings (SSSR count). The average Bonchev–Trinajstić information content (AvgIpc) is 2.14. The van der Waals surface area contributed by atoms with Crippen LogP contribution in [-0.4, -0.2) is 16.8 Å². The van der Waals surface area contributed by atoms with Crippen molar-refractivity contribution in [3.63, 3.8) is 0 Å². The Kier molecular flexibility index (Phi) is 3.48. The average molecular weight is 246 g/mol. The zero-order valence-electron chi connectivity index (χ0n) is 7.67. The fourth-order valence-corrected chi connectivity index (χ4v) is 1.52. The fraction of sp³-hybridized carbons (Fsp3) is 0.500. The van der Waals surface area contributed by atoms with Gasteiger partial charge in [0.25, 0.3) is 5.56 Å². The number of aromatic nitrogens is 2. The number of halogens is 1. The van der Waals surface area contributed by atoms with Crippen molar-refractivity contribution in [3.8, 4) is 0 Å². The minimum atomic E-state index is -0.0892. The monoisotopic (exact) mass is 245 g/mol. The van der Waals surface area contributed by atoms with Crippen molar-refractivity contribution in [2.45, 2.75) is 19.9 Å². The first-order chi connectivity index (χ1) is 6.20. The van der Waals surface area contributed by atoms with Gasteiger partial charge >= 0.3 is 0 Å². The highest BCUT2D eigenvalue weighted by atomic mass is 79.9. The van der Waals surface area contributed by atoms with Crippen LogP contribution in [0.5, 0.6) is 0 Å². The molecule has 1 N–H and O–H groups in total. The number of nitrogens with one attached hydrogen (secondary N) is 1. The van der Waals surface area contributed by atoms with E-state index in [1.54, 1.807) is 13.2 Å². The minimum Gasteiger partial charge on any atom is -0.386 e. The number of rotatable bonds is 3. The highest BCUT2D eigenvalue weighted by Gasteiger charge is 2.05. The molecule has 0 bridgehead atoms. The second-order valence-electron chi connectivity index (χ2n) is 2.65. The number of hydrogen-bond acceptors (Lipinski definition) is 3. The maximum atomic E-state index is 11.6. The van der Waals surface area contributed by atoms with Crippen molar-refractivity contribution in [2.24, 2.45) is 0 Å². The lowest BCUT2D eigenvalue weighted by molar-refractivity contribution is 0.566. The summed E-state index contributed by atoms with van der Waals surface area (Å²) in [5, 5.41) is 6.89. The molecule has 1 aromatic rings. The molecule has 0 amide bonds. The minimum absolute atomic E-state index is 0.0892. The van der Waals surface area contributed by atoms with Crippen LogP contribution >= 0.6 is 15.9 Å². The van der Waals surface area contributed by atoms with Crippen LogP contribution in [0, 0.1) is 0 Å². The smallest absolute Gasteiger partial charge is 0.283 e. The molecular weight excluding hydrogens is 234 g/mol. The van der Waals surface area contributed by atoms with E-state index in [4.69, 9.17) is 0 Å². The van der Waals surface area contributed by atoms with Gasteiger partial charge < -0.3 is 5.32 Å². The van der Waals surface area contributed by atoms with Crippen LogP contribution in [0.1, 0.15) is 13.3 Å². The lowest BCUT2D eigenvalue weighted by Crippen LogP contribution is -2.23. The molecule has 4 nitrogen and oxygen atoms in total. The SMILES string of the molecule is CCCn1ncc(NC)c(Br)c1=O. The summed E-state index contributed by atoms with van der Waals surface area (Å²) in [5.41, 5.74) is 0.631. The van der Waals surface area contributed by atoms with Crippen LogP contribution in [0.4, 0.5) is 5.69 Å². The van der Waals surface area contributed by atoms with Gasteiger partial charge in [-0.2, -0.15) is 5.10 Å². The van der Waals surface area contributed by atoms with Crippen molar-refractivity contribution in [1.29, 1.82) is 0 Å². The summed E-state index contributed by atoms with van der Waals surface area (Å²) in [7, 11) is 1.76. The molecule has 0 aromatic carbocycles. The third-order valence-electron chi connectivity index (χ3n) is 1.69. The van der Waals surface area contributed by atoms with E-state index in [0.29, 0.717) is 11.0 Å². The molecule has 1 aromatic heterocycles. The lowest BCUT2D eigenvalue weighted by atomic mass is 10.4. The van der Waals surface area contributed by atoms with Crippen molar-refractivity contribution < 1.29 is 0 Å². The first-order valence-corrected chi connectivity index (χ1v) is 4.93. The number of nitrogens with zero attached hydrogens (tertiary/aromatic N) is 2. The van der Waals surface area contributed by atoms with Crippen LogP contribution in [0.25, 0.3) is 0 Å². The molecular formula is C8H12BrN3O. The Morgan fingerprint density at radius 1 is 1.69 bits per heavy atom. The molecule has 5 heteroatoms. The van der Waals surface area contributed by atoms with Gasteiger partial charge in [-0.1, -0.05) is 6.92 Å². The summed E-state index contributed by atoms with van der Waals surface area (Å²) in [6, 6.07) is 0. The predicted molar refractivity (Wildman–Crippen MR) is 56.0 cm³/mol. The molecule has 0 spiro atoms. The van der Waals surface area contributed by atoms with E-state index < -0.39 is 0 Å². The van der Waals surface area contributed by atoms with Gasteiger partial charge in [0.2, 0.25) is 0 Å². The highest BCUT2D eigenvalue weighted by molar-refractivity contribution is 9.10. The van der Waals surface area contributed by atoms with Crippen molar-refractivity contribution in [2.75, 3.05) is 12.4 Å². The number of anilines is 1. The molecule has 13 heavy (non-hydrogen) atoms. The first-order valence-electron chi connectivity index (χ1n) is 4.14. The van der Waals surface area contributed by atoms with Crippen LogP contribution in [0.2, 0.25) is 0 Å². The summed E-state index contributed by atoms with van der Waals surface area (Å²) in [4.78, 5) is 11.6. The van der Waals surface area contributed by atoms with E-state index in [-0.39, 0.29) is 5.56 Å². The number of hydrogen-bond donors (Lipinski definition) is 1. The summed E-state index contributed by atoms with van der Waals surface area (Å²) in [6.07, 6.45) is 2.54. The molecule has 0 unspecified atom stereocenters. The van der Waals surface area contributed by atoms with Gasteiger partial charge in [0, 0.05) is 13.6 Å². The Morgan fingerprint density at radius 2 is 2.38 bits per heavy atom. The van der Waals surface area contributed by atoms with Gasteiger partial charge in [-0.05, 0) is 22.4 Å². The summed E-state index contributed by atoms with van der Waals surface area (Å²) in [5.74, 6) is 0. The Hall–Kier alpha value is -0.840. The molecule has 0 atom stereocenters. The normalized spacial score (nSPS) is 10.1. The second kappa shape index (κ2) is 4.41. The van der Waals surface area contributed by atoms with Gasteiger partial charge in [-0.15, -0.1) is 0 Å². The third kappa shape index (κ3) is 2.09. The number of aryl methyl sites for hydroxylation is 1. The Morgan fingerprint density at radius 3 is 2.92 bits per heavy atom. The quantitative estimate of drug-likeness (QED) is 0.878. The molecule has 0 radical (unpaired) electrons. The van der Waals surface area contributed by atoms with Crippen LogP contribution in [-0.2, 0) is 6.54 Å². The largest absolute Gasteiger partial charge is 0.386 e. The van der Waals surface area contributed by atoms with Crippen LogP contribution in [0.3, 0.4) is 0 Å². The van der Waals surface area contributed by atoms with E-state index in [1.807, 2.05) is 6.92 Å². The van der Waals surface area contributed by atoms with Crippen molar-refractivity contribution in [3.05, 3.63) is 21.0 Å². The molecule has 0 saturated carbocycles. The Balaban J connectivity index is 3.16. The van der Waals surface area contributed by atoms with E-state index in [1.165, 1.54) is 4.68 Å². The van der Waals surface area contributed by atoms with Crippen molar-refractivity contribution in [1.82, 2.24) is 9.78 Å². The highest BCUT2D eigenvalue weighted by Crippen LogP contribution is 2.14. The fourth-order valence-electron chi connectivity index (χ4n) is 1.01. The van der Waals surface area contributed by atoms with Gasteiger partial charge in [0.1, 0.15) is 4.47 Å². The maximum absolute atomic E-state index is 11.6. The molecule has 0 fully saturated rings. The molecule has 0 aliphatic rings. The van der Waals surface area contributed by atoms with Gasteiger partial charge in [-0.3, -0.25) is 4.79 Å². The molecule has 0 aliphatic carbocycles. The van der Waals surface area contributed by atoms with E-state index in [0.717, 1.165) is 12.1 Å². The summed E-state index contributed by atoms with van der Waals surface area (Å²) < 4.78 is 1.99. The summed E-state index contributed by atoms with van der Waals surface area (Å²) in [6.45, 7) is 2.66. The standard InChI is InChI=1S/C8H12BrN3O/c1-3-4-12-8(13)7(9)6(10-2)5-11-12/h5,10H,3-4H2,1-2H3. The summed E-state index contributed by atoms with van der Waals surface area (Å²) >= 11 is 3.23. The molecule has 0 saturated heterocycles. The molecule has 0 aliphatic heterocycles.